The first kappa shape index (κ1) is 20.9. The van der Waals surface area contributed by atoms with Gasteiger partial charge >= 0.3 is 0 Å². The Bertz CT molecular complexity index is 971. The van der Waals surface area contributed by atoms with E-state index >= 15 is 0 Å². The van der Waals surface area contributed by atoms with Crippen molar-refractivity contribution in [3.8, 4) is 0 Å². The molecule has 1 heterocycles. The van der Waals surface area contributed by atoms with E-state index in [-0.39, 0.29) is 11.9 Å². The normalized spacial score (nSPS) is 12.0. The highest BCUT2D eigenvalue weighted by molar-refractivity contribution is 7.99. The van der Waals surface area contributed by atoms with Crippen LogP contribution in [0.4, 0.5) is 11.6 Å². The number of aryl methyl sites for hydroxylation is 3. The molecule has 2 aromatic carbocycles. The lowest BCUT2D eigenvalue weighted by Gasteiger charge is -2.20. The zero-order chi connectivity index (χ0) is 20.8. The molecule has 0 fully saturated rings. The highest BCUT2D eigenvalue weighted by atomic mass is 32.2. The molecule has 7 heteroatoms. The van der Waals surface area contributed by atoms with E-state index in [9.17, 15) is 4.79 Å². The summed E-state index contributed by atoms with van der Waals surface area (Å²) in [7, 11) is 0. The number of rotatable bonds is 8. The maximum atomic E-state index is 13.1. The van der Waals surface area contributed by atoms with Crippen molar-refractivity contribution in [2.75, 3.05) is 16.8 Å². The van der Waals surface area contributed by atoms with Crippen LogP contribution in [0.5, 0.6) is 0 Å². The van der Waals surface area contributed by atoms with Crippen LogP contribution in [-0.4, -0.2) is 26.4 Å². The van der Waals surface area contributed by atoms with E-state index in [0.29, 0.717) is 11.6 Å². The minimum Gasteiger partial charge on any atom is -0.368 e. The lowest BCUT2D eigenvalue weighted by Crippen LogP contribution is -2.27. The average molecular weight is 410 g/mol. The molecule has 0 aliphatic heterocycles. The van der Waals surface area contributed by atoms with E-state index in [1.807, 2.05) is 57.2 Å². The Morgan fingerprint density at radius 2 is 1.93 bits per heavy atom. The molecule has 3 N–H and O–H groups in total. The first-order valence-corrected chi connectivity index (χ1v) is 10.7. The van der Waals surface area contributed by atoms with Gasteiger partial charge in [0.25, 0.3) is 0 Å². The number of nitrogen functional groups attached to an aromatic ring is 1. The van der Waals surface area contributed by atoms with Crippen LogP contribution < -0.4 is 11.1 Å². The van der Waals surface area contributed by atoms with Crippen molar-refractivity contribution in [1.82, 2.24) is 14.8 Å². The van der Waals surface area contributed by atoms with Crippen molar-refractivity contribution in [3.05, 3.63) is 65.2 Å². The summed E-state index contributed by atoms with van der Waals surface area (Å²) >= 11 is 1.57. The van der Waals surface area contributed by atoms with Crippen molar-refractivity contribution in [2.45, 2.75) is 44.8 Å². The Labute approximate surface area is 175 Å². The number of hydrogen-bond acceptors (Lipinski definition) is 5. The van der Waals surface area contributed by atoms with Crippen molar-refractivity contribution >= 4 is 29.3 Å². The minimum absolute atomic E-state index is 0.113. The number of thioether (sulfide) groups is 1. The molecule has 6 nitrogen and oxygen atoms in total. The van der Waals surface area contributed by atoms with Gasteiger partial charge in [0.05, 0.1) is 0 Å². The number of carbonyl (C=O) groups excluding carboxylic acids is 1. The molecule has 0 aliphatic rings. The van der Waals surface area contributed by atoms with Crippen molar-refractivity contribution < 1.29 is 4.79 Å². The lowest BCUT2D eigenvalue weighted by atomic mass is 10.1. The summed E-state index contributed by atoms with van der Waals surface area (Å²) in [6.07, 6.45) is 1.49. The van der Waals surface area contributed by atoms with Crippen LogP contribution in [0.25, 0.3) is 0 Å². The number of hydrogen-bond donors (Lipinski definition) is 2. The summed E-state index contributed by atoms with van der Waals surface area (Å²) in [6.45, 7) is 5.95. The summed E-state index contributed by atoms with van der Waals surface area (Å²) in [6, 6.07) is 15.8. The molecule has 0 radical (unpaired) electrons. The van der Waals surface area contributed by atoms with Crippen LogP contribution in [0.15, 0.2) is 53.7 Å². The van der Waals surface area contributed by atoms with Gasteiger partial charge in [-0.15, -0.1) is 10.2 Å². The van der Waals surface area contributed by atoms with Gasteiger partial charge in [-0.05, 0) is 49.4 Å². The Morgan fingerprint density at radius 1 is 1.17 bits per heavy atom. The van der Waals surface area contributed by atoms with E-state index in [4.69, 9.17) is 5.73 Å². The van der Waals surface area contributed by atoms with Gasteiger partial charge in [-0.3, -0.25) is 9.36 Å². The molecule has 3 aromatic rings. The summed E-state index contributed by atoms with van der Waals surface area (Å²) in [5.41, 5.74) is 10.3. The van der Waals surface area contributed by atoms with Crippen LogP contribution in [0.2, 0.25) is 0 Å². The second kappa shape index (κ2) is 9.60. The Hall–Kier alpha value is -2.80. The van der Waals surface area contributed by atoms with Gasteiger partial charge in [-0.25, -0.2) is 0 Å². The van der Waals surface area contributed by atoms with E-state index in [2.05, 4.69) is 27.6 Å². The van der Waals surface area contributed by atoms with Crippen LogP contribution in [0.1, 0.15) is 36.1 Å². The molecule has 1 amide bonds. The number of nitrogens with one attached hydrogen (secondary N) is 1. The van der Waals surface area contributed by atoms with Crippen LogP contribution >= 0.6 is 11.8 Å². The molecule has 0 saturated carbocycles. The summed E-state index contributed by atoms with van der Waals surface area (Å²) < 4.78 is 1.75. The maximum Gasteiger partial charge on any atom is 0.247 e. The number of carbonyl (C=O) groups is 1. The van der Waals surface area contributed by atoms with Crippen LogP contribution in [0.3, 0.4) is 0 Å². The van der Waals surface area contributed by atoms with Crippen LogP contribution in [0, 0.1) is 13.8 Å². The van der Waals surface area contributed by atoms with Crippen LogP contribution in [-0.2, 0) is 11.2 Å². The first-order chi connectivity index (χ1) is 14.0. The zero-order valence-electron chi connectivity index (χ0n) is 17.1. The fourth-order valence-electron chi connectivity index (χ4n) is 3.16. The van der Waals surface area contributed by atoms with Gasteiger partial charge in [0.2, 0.25) is 11.9 Å². The number of aromatic nitrogens is 3. The SMILES string of the molecule is CCC(C(=O)Nc1cc(C)ccc1C)n1c(N)nnc1SCCc1ccccc1. The average Bonchev–Trinajstić information content (AvgIpc) is 3.07. The van der Waals surface area contributed by atoms with E-state index < -0.39 is 6.04 Å². The van der Waals surface area contributed by atoms with Crippen molar-refractivity contribution in [2.24, 2.45) is 0 Å². The largest absolute Gasteiger partial charge is 0.368 e. The van der Waals surface area contributed by atoms with E-state index in [1.165, 1.54) is 5.56 Å². The highest BCUT2D eigenvalue weighted by Crippen LogP contribution is 2.27. The maximum absolute atomic E-state index is 13.1. The van der Waals surface area contributed by atoms with Gasteiger partial charge < -0.3 is 11.1 Å². The molecule has 29 heavy (non-hydrogen) atoms. The molecule has 0 spiro atoms. The van der Waals surface area contributed by atoms with Gasteiger partial charge in [-0.2, -0.15) is 0 Å². The third kappa shape index (κ3) is 5.17. The predicted molar refractivity (Wildman–Crippen MR) is 119 cm³/mol. The third-order valence-corrected chi connectivity index (χ3v) is 5.75. The van der Waals surface area contributed by atoms with Crippen molar-refractivity contribution in [3.63, 3.8) is 0 Å². The Morgan fingerprint density at radius 3 is 2.66 bits per heavy atom. The molecule has 1 unspecified atom stereocenters. The third-order valence-electron chi connectivity index (χ3n) is 4.81. The van der Waals surface area contributed by atoms with Crippen molar-refractivity contribution in [1.29, 1.82) is 0 Å². The molecular weight excluding hydrogens is 382 g/mol. The lowest BCUT2D eigenvalue weighted by molar-refractivity contribution is -0.119. The minimum atomic E-state index is -0.468. The standard InChI is InChI=1S/C22H27N5OS/c1-4-19(20(28)24-18-14-15(2)10-11-16(18)3)27-21(23)25-26-22(27)29-13-12-17-8-6-5-7-9-17/h5-11,14,19H,4,12-13H2,1-3H3,(H2,23,25)(H,24,28). The second-order valence-electron chi connectivity index (χ2n) is 7.03. The van der Waals surface area contributed by atoms with Gasteiger partial charge in [0.15, 0.2) is 5.16 Å². The fourth-order valence-corrected chi connectivity index (χ4v) is 4.14. The number of benzene rings is 2. The van der Waals surface area contributed by atoms with Gasteiger partial charge in [0, 0.05) is 11.4 Å². The Balaban J connectivity index is 1.74. The molecule has 0 bridgehead atoms. The molecular formula is C22H27N5OS. The smallest absolute Gasteiger partial charge is 0.247 e. The number of nitrogens with two attached hydrogens (primary N) is 1. The molecule has 152 valence electrons. The Kier molecular flexibility index (Phi) is 6.93. The summed E-state index contributed by atoms with van der Waals surface area (Å²) in [5.74, 6) is 0.977. The number of anilines is 2. The fraction of sp³-hybridized carbons (Fsp3) is 0.318. The molecule has 1 atom stereocenters. The summed E-state index contributed by atoms with van der Waals surface area (Å²) in [5, 5.41) is 11.9. The second-order valence-corrected chi connectivity index (χ2v) is 8.09. The van der Waals surface area contributed by atoms with E-state index in [0.717, 1.165) is 29.0 Å². The number of nitrogens with zero attached hydrogens (tertiary/aromatic N) is 3. The van der Waals surface area contributed by atoms with Gasteiger partial charge in [-0.1, -0.05) is 61.2 Å². The molecule has 3 rings (SSSR count). The number of amides is 1. The molecule has 0 aliphatic carbocycles. The topological polar surface area (TPSA) is 85.8 Å². The summed E-state index contributed by atoms with van der Waals surface area (Å²) in [4.78, 5) is 13.1. The monoisotopic (exact) mass is 409 g/mol. The molecule has 1 aromatic heterocycles. The predicted octanol–water partition coefficient (Wildman–Crippen LogP) is 4.40. The molecule has 0 saturated heterocycles. The first-order valence-electron chi connectivity index (χ1n) is 9.74. The van der Waals surface area contributed by atoms with E-state index in [1.54, 1.807) is 16.3 Å². The van der Waals surface area contributed by atoms with Gasteiger partial charge in [0.1, 0.15) is 6.04 Å². The quantitative estimate of drug-likeness (QED) is 0.539. The zero-order valence-corrected chi connectivity index (χ0v) is 17.9. The highest BCUT2D eigenvalue weighted by Gasteiger charge is 2.25.